The van der Waals surface area contributed by atoms with E-state index >= 15 is 0 Å². The Morgan fingerprint density at radius 2 is 0.904 bits per heavy atom. The molecule has 5 aliphatic heterocycles. The number of aromatic nitrogens is 3. The molecule has 9 rings (SSSR count). The average Bonchev–Trinajstić information content (AvgIpc) is 3.99. The number of pyridine rings is 2. The van der Waals surface area contributed by atoms with Gasteiger partial charge in [0.05, 0.1) is 34.2 Å². The lowest BCUT2D eigenvalue weighted by Crippen LogP contribution is -3.00. The number of rotatable bonds is 3. The molecule has 3 aromatic heterocycles. The topological polar surface area (TPSA) is 62.2 Å². The number of aliphatic imine (C=N–C) groups is 3. The van der Waals surface area contributed by atoms with Crippen LogP contribution in [0.2, 0.25) is 0 Å². The average molecular weight is 696 g/mol. The summed E-state index contributed by atoms with van der Waals surface area (Å²) in [6.07, 6.45) is 29.2. The van der Waals surface area contributed by atoms with Gasteiger partial charge in [-0.25, -0.2) is 24.1 Å². The first-order valence-corrected chi connectivity index (χ1v) is 17.0. The van der Waals surface area contributed by atoms with Crippen LogP contribution in [0.1, 0.15) is 28.1 Å². The van der Waals surface area contributed by atoms with Gasteiger partial charge in [0.25, 0.3) is 0 Å². The summed E-state index contributed by atoms with van der Waals surface area (Å²) < 4.78 is 4.07. The van der Waals surface area contributed by atoms with Crippen LogP contribution in [0.25, 0.3) is 16.7 Å². The van der Waals surface area contributed by atoms with Gasteiger partial charge in [-0.15, -0.1) is 11.4 Å². The summed E-state index contributed by atoms with van der Waals surface area (Å²) in [5, 5.41) is 0. The Hall–Kier alpha value is -6.44. The lowest BCUT2D eigenvalue weighted by Gasteiger charge is -2.19. The van der Waals surface area contributed by atoms with Crippen LogP contribution >= 0.6 is 0 Å². The first-order chi connectivity index (χ1) is 25.0. The highest BCUT2D eigenvalue weighted by Crippen LogP contribution is 2.37. The molecule has 0 unspecified atom stereocenters. The van der Waals surface area contributed by atoms with E-state index in [1.54, 1.807) is 0 Å². The fraction of sp³-hybridized carbons (Fsp3) is 0.0682. The van der Waals surface area contributed by atoms with Crippen molar-refractivity contribution in [1.82, 2.24) is 9.88 Å². The molecule has 0 saturated heterocycles. The number of hydrogen-bond acceptors (Lipinski definition) is 4. The molecule has 8 bridgehead atoms. The molecule has 252 valence electrons. The fourth-order valence-corrected chi connectivity index (χ4v) is 6.88. The van der Waals surface area contributed by atoms with E-state index in [-0.39, 0.29) is 12.4 Å². The zero-order valence-corrected chi connectivity index (χ0v) is 29.7. The molecule has 7 nitrogen and oxygen atoms in total. The molecule has 52 heavy (non-hydrogen) atoms. The van der Waals surface area contributed by atoms with E-state index in [4.69, 9.17) is 20.0 Å². The summed E-state index contributed by atoms with van der Waals surface area (Å²) in [7, 11) is 6.07. The van der Waals surface area contributed by atoms with Crippen LogP contribution in [0.5, 0.6) is 0 Å². The van der Waals surface area contributed by atoms with E-state index in [1.807, 2.05) is 41.2 Å². The van der Waals surface area contributed by atoms with Crippen molar-refractivity contribution < 1.29 is 21.5 Å². The normalized spacial score (nSPS) is 17.4. The van der Waals surface area contributed by atoms with Crippen molar-refractivity contribution in [3.63, 3.8) is 0 Å². The van der Waals surface area contributed by atoms with Gasteiger partial charge in [0.2, 0.25) is 0 Å². The van der Waals surface area contributed by atoms with E-state index in [9.17, 15) is 0 Å². The van der Waals surface area contributed by atoms with Crippen molar-refractivity contribution in [3.05, 3.63) is 209 Å². The Kier molecular flexibility index (Phi) is 8.41. The van der Waals surface area contributed by atoms with Crippen LogP contribution in [0, 0.1) is 0 Å². The number of fused-ring (bicyclic) bond motifs is 5. The molecule has 0 N–H and O–H groups in total. The number of nitrogens with zero attached hydrogens (tertiary/aromatic N) is 7. The molecule has 0 aliphatic carbocycles. The third-order valence-corrected chi connectivity index (χ3v) is 9.47. The minimum atomic E-state index is 0. The van der Waals surface area contributed by atoms with Crippen LogP contribution < -0.4 is 26.5 Å². The zero-order chi connectivity index (χ0) is 34.5. The van der Waals surface area contributed by atoms with Gasteiger partial charge in [0.15, 0.2) is 24.8 Å². The molecule has 0 fully saturated rings. The van der Waals surface area contributed by atoms with Gasteiger partial charge in [-0.3, -0.25) is 0 Å². The minimum Gasteiger partial charge on any atom is -1.00 e. The molecular formula is C44H34ClN7. The van der Waals surface area contributed by atoms with E-state index in [1.165, 1.54) is 0 Å². The molecule has 4 aromatic rings. The van der Waals surface area contributed by atoms with Gasteiger partial charge >= 0.3 is 0 Å². The van der Waals surface area contributed by atoms with Crippen LogP contribution in [0.4, 0.5) is 0 Å². The second kappa shape index (κ2) is 13.4. The molecule has 5 aliphatic rings. The Morgan fingerprint density at radius 3 is 1.38 bits per heavy atom. The molecular weight excluding hydrogens is 662 g/mol. The van der Waals surface area contributed by atoms with E-state index < -0.39 is 0 Å². The molecule has 0 radical (unpaired) electrons. The van der Waals surface area contributed by atoms with Crippen molar-refractivity contribution >= 4 is 33.9 Å². The number of halogens is 1. The van der Waals surface area contributed by atoms with Crippen molar-refractivity contribution in [2.75, 3.05) is 7.05 Å². The highest BCUT2D eigenvalue weighted by molar-refractivity contribution is 6.36. The third-order valence-electron chi connectivity index (χ3n) is 9.47. The Balaban J connectivity index is 0.00000387. The molecule has 8 heteroatoms. The van der Waals surface area contributed by atoms with Gasteiger partial charge in [-0.05, 0) is 82.0 Å². The SMILES string of the molecule is CN1C=CC(=C2C3=NC(=C(c4ccccc4)C4=NC(=C(c5cc[n+](C)cc5)c5ccc([n-]5)C(c5cc[n+](C)cc5)=C5C=CC2=N5)C=C4)C=C3)C=C1.[Cl-]. The van der Waals surface area contributed by atoms with Gasteiger partial charge in [-0.1, -0.05) is 42.5 Å². The third kappa shape index (κ3) is 5.91. The maximum absolute atomic E-state index is 5.35. The predicted molar refractivity (Wildman–Crippen MR) is 203 cm³/mol. The molecule has 0 saturated carbocycles. The van der Waals surface area contributed by atoms with E-state index in [0.717, 1.165) is 90.2 Å². The monoisotopic (exact) mass is 695 g/mol. The Morgan fingerprint density at radius 1 is 0.481 bits per heavy atom. The number of allylic oxidation sites excluding steroid dienone is 11. The van der Waals surface area contributed by atoms with Gasteiger partial charge in [-0.2, -0.15) is 0 Å². The van der Waals surface area contributed by atoms with Crippen LogP contribution in [-0.4, -0.2) is 29.1 Å². The van der Waals surface area contributed by atoms with Crippen LogP contribution in [0.15, 0.2) is 196 Å². The van der Waals surface area contributed by atoms with Crippen LogP contribution in [0.3, 0.4) is 0 Å². The quantitative estimate of drug-likeness (QED) is 0.308. The van der Waals surface area contributed by atoms with Gasteiger partial charge in [0, 0.05) is 54.9 Å². The minimum absolute atomic E-state index is 0. The van der Waals surface area contributed by atoms with Gasteiger partial charge < -0.3 is 22.3 Å². The zero-order valence-electron chi connectivity index (χ0n) is 28.9. The molecule has 8 heterocycles. The van der Waals surface area contributed by atoms with Crippen molar-refractivity contribution in [2.45, 2.75) is 0 Å². The molecule has 0 atom stereocenters. The van der Waals surface area contributed by atoms with Crippen LogP contribution in [-0.2, 0) is 14.1 Å². The number of aryl methyl sites for hydroxylation is 2. The fourth-order valence-electron chi connectivity index (χ4n) is 6.88. The lowest BCUT2D eigenvalue weighted by atomic mass is 9.97. The largest absolute Gasteiger partial charge is 1.00 e. The summed E-state index contributed by atoms with van der Waals surface area (Å²) >= 11 is 0. The number of hydrogen-bond donors (Lipinski definition) is 0. The second-order valence-corrected chi connectivity index (χ2v) is 13.0. The second-order valence-electron chi connectivity index (χ2n) is 13.0. The standard InChI is InChI=1S/C44H34N7.ClH/c1-49-23-17-30(18-24-49)42-35-11-9-33(45-35)41(29-7-5-4-6-8-29)34-10-12-36(46-34)43(31-19-25-50(2)26-20-31)38-14-16-40(48-38)44(39-15-13-37(42)47-39)32-21-27-51(3)28-22-32;/h4-28H,1-3H3;1H/q+1;/p-1. The molecule has 0 amide bonds. The van der Waals surface area contributed by atoms with Gasteiger partial charge in [0.1, 0.15) is 14.1 Å². The summed E-state index contributed by atoms with van der Waals surface area (Å²) in [6.45, 7) is 0. The Bertz CT molecular complexity index is 2490. The molecule has 1 aromatic carbocycles. The first-order valence-electron chi connectivity index (χ1n) is 17.0. The van der Waals surface area contributed by atoms with E-state index in [2.05, 4.69) is 146 Å². The summed E-state index contributed by atoms with van der Waals surface area (Å²) in [5.41, 5.74) is 14.8. The maximum atomic E-state index is 5.35. The van der Waals surface area contributed by atoms with Crippen molar-refractivity contribution in [1.29, 1.82) is 0 Å². The lowest BCUT2D eigenvalue weighted by molar-refractivity contribution is -0.671. The van der Waals surface area contributed by atoms with Crippen molar-refractivity contribution in [3.8, 4) is 0 Å². The molecule has 0 spiro atoms. The summed E-state index contributed by atoms with van der Waals surface area (Å²) in [4.78, 5) is 23.4. The highest BCUT2D eigenvalue weighted by Gasteiger charge is 2.26. The number of benzene rings is 1. The summed E-state index contributed by atoms with van der Waals surface area (Å²) in [6, 6.07) is 23.1. The predicted octanol–water partition coefficient (Wildman–Crippen LogP) is 3.54. The summed E-state index contributed by atoms with van der Waals surface area (Å²) in [5.74, 6) is 0. The highest BCUT2D eigenvalue weighted by atomic mass is 35.5. The van der Waals surface area contributed by atoms with Crippen molar-refractivity contribution in [2.24, 2.45) is 29.1 Å². The first kappa shape index (κ1) is 32.7. The Labute approximate surface area is 309 Å². The maximum Gasteiger partial charge on any atom is 0.169 e. The smallest absolute Gasteiger partial charge is 0.169 e. The van der Waals surface area contributed by atoms with E-state index in [0.29, 0.717) is 0 Å².